The molecular weight excluding hydrogens is 318 g/mol. The molecular formula is C17H23N7O. The highest BCUT2D eigenvalue weighted by Gasteiger charge is 2.23. The number of aromatic nitrogens is 4. The number of piperidine rings is 1. The Morgan fingerprint density at radius 1 is 1.28 bits per heavy atom. The maximum atomic E-state index is 11.2. The number of likely N-dealkylation sites (tertiary alicyclic amines) is 1. The smallest absolute Gasteiger partial charge is 0.231 e. The highest BCUT2D eigenvalue weighted by molar-refractivity contribution is 5.75. The van der Waals surface area contributed by atoms with Crippen LogP contribution in [0.1, 0.15) is 35.8 Å². The fourth-order valence-corrected chi connectivity index (χ4v) is 3.20. The van der Waals surface area contributed by atoms with Gasteiger partial charge in [-0.25, -0.2) is 15.0 Å². The summed E-state index contributed by atoms with van der Waals surface area (Å²) in [7, 11) is 0. The molecule has 0 bridgehead atoms. The van der Waals surface area contributed by atoms with E-state index in [4.69, 9.17) is 5.73 Å². The van der Waals surface area contributed by atoms with E-state index < -0.39 is 0 Å². The van der Waals surface area contributed by atoms with Gasteiger partial charge in [0.15, 0.2) is 5.82 Å². The van der Waals surface area contributed by atoms with E-state index in [1.165, 1.54) is 0 Å². The van der Waals surface area contributed by atoms with Gasteiger partial charge in [-0.05, 0) is 39.3 Å². The van der Waals surface area contributed by atoms with Gasteiger partial charge in [0.2, 0.25) is 11.9 Å². The minimum absolute atomic E-state index is 0.238. The summed E-state index contributed by atoms with van der Waals surface area (Å²) < 4.78 is 0. The van der Waals surface area contributed by atoms with Gasteiger partial charge in [-0.3, -0.25) is 14.7 Å². The number of carbonyl (C=O) groups is 1. The van der Waals surface area contributed by atoms with E-state index in [9.17, 15) is 4.79 Å². The zero-order chi connectivity index (χ0) is 17.8. The Kier molecular flexibility index (Phi) is 5.18. The Morgan fingerprint density at radius 2 is 2.04 bits per heavy atom. The largest absolute Gasteiger partial charge is 0.369 e. The number of aryl methyl sites for hydroxylation is 2. The van der Waals surface area contributed by atoms with E-state index in [-0.39, 0.29) is 18.4 Å². The van der Waals surface area contributed by atoms with Gasteiger partial charge in [-0.2, -0.15) is 0 Å². The molecule has 0 aliphatic carbocycles. The number of amides is 1. The fraction of sp³-hybridized carbons (Fsp3) is 0.471. The highest BCUT2D eigenvalue weighted by atomic mass is 16.1. The van der Waals surface area contributed by atoms with Crippen LogP contribution in [0.2, 0.25) is 0 Å². The van der Waals surface area contributed by atoms with Gasteiger partial charge < -0.3 is 11.1 Å². The molecule has 1 aliphatic rings. The third-order valence-electron chi connectivity index (χ3n) is 4.18. The molecule has 3 N–H and O–H groups in total. The number of hydrogen-bond donors (Lipinski definition) is 2. The first-order valence-corrected chi connectivity index (χ1v) is 8.41. The Morgan fingerprint density at radius 3 is 2.76 bits per heavy atom. The number of hydrogen-bond acceptors (Lipinski definition) is 7. The van der Waals surface area contributed by atoms with Gasteiger partial charge in [-0.15, -0.1) is 0 Å². The highest BCUT2D eigenvalue weighted by Crippen LogP contribution is 2.26. The molecule has 0 unspecified atom stereocenters. The summed E-state index contributed by atoms with van der Waals surface area (Å²) in [5.41, 5.74) is 8.01. The molecule has 3 rings (SSSR count). The zero-order valence-corrected chi connectivity index (χ0v) is 14.6. The van der Waals surface area contributed by atoms with Crippen molar-refractivity contribution in [3.63, 3.8) is 0 Å². The zero-order valence-electron chi connectivity index (χ0n) is 14.6. The first kappa shape index (κ1) is 17.2. The fourth-order valence-electron chi connectivity index (χ4n) is 3.20. The predicted molar refractivity (Wildman–Crippen MR) is 94.4 cm³/mol. The SMILES string of the molecule is Cc1cc(C)nc(Nc2cncc([C@@H]3CCCN(CC(N)=O)C3)n2)n1. The lowest BCUT2D eigenvalue weighted by Gasteiger charge is -2.31. The Labute approximate surface area is 146 Å². The first-order chi connectivity index (χ1) is 12.0. The van der Waals surface area contributed by atoms with Gasteiger partial charge in [0.05, 0.1) is 18.4 Å². The topological polar surface area (TPSA) is 110 Å². The summed E-state index contributed by atoms with van der Waals surface area (Å²) in [6, 6.07) is 1.92. The van der Waals surface area contributed by atoms with E-state index in [0.29, 0.717) is 11.8 Å². The van der Waals surface area contributed by atoms with Crippen LogP contribution in [0.5, 0.6) is 0 Å². The predicted octanol–water partition coefficient (Wildman–Crippen LogP) is 1.29. The number of carbonyl (C=O) groups excluding carboxylic acids is 1. The molecule has 0 spiro atoms. The Hall–Kier alpha value is -2.61. The molecule has 1 atom stereocenters. The molecule has 0 saturated carbocycles. The minimum atomic E-state index is -0.297. The van der Waals surface area contributed by atoms with Crippen LogP contribution in [0.4, 0.5) is 11.8 Å². The van der Waals surface area contributed by atoms with Gasteiger partial charge in [0, 0.05) is 30.0 Å². The average Bonchev–Trinajstić information content (AvgIpc) is 2.54. The molecule has 1 amide bonds. The van der Waals surface area contributed by atoms with Crippen LogP contribution in [0.25, 0.3) is 0 Å². The van der Waals surface area contributed by atoms with Crippen molar-refractivity contribution in [1.29, 1.82) is 0 Å². The molecule has 1 aliphatic heterocycles. The van der Waals surface area contributed by atoms with E-state index >= 15 is 0 Å². The van der Waals surface area contributed by atoms with Gasteiger partial charge in [0.25, 0.3) is 0 Å². The maximum absolute atomic E-state index is 11.2. The Balaban J connectivity index is 1.73. The van der Waals surface area contributed by atoms with Gasteiger partial charge in [0.1, 0.15) is 0 Å². The monoisotopic (exact) mass is 341 g/mol. The minimum Gasteiger partial charge on any atom is -0.369 e. The molecule has 0 aromatic carbocycles. The van der Waals surface area contributed by atoms with Crippen molar-refractivity contribution in [2.24, 2.45) is 5.73 Å². The van der Waals surface area contributed by atoms with Gasteiger partial charge in [-0.1, -0.05) is 0 Å². The van der Waals surface area contributed by atoms with Crippen LogP contribution in [-0.2, 0) is 4.79 Å². The second-order valence-electron chi connectivity index (χ2n) is 6.47. The third-order valence-corrected chi connectivity index (χ3v) is 4.18. The van der Waals surface area contributed by atoms with Crippen LogP contribution in [-0.4, -0.2) is 50.4 Å². The summed E-state index contributed by atoms with van der Waals surface area (Å²) in [6.07, 6.45) is 5.48. The number of anilines is 2. The second kappa shape index (κ2) is 7.52. The summed E-state index contributed by atoms with van der Waals surface area (Å²) in [5, 5.41) is 3.12. The molecule has 8 nitrogen and oxygen atoms in total. The molecule has 2 aromatic heterocycles. The third kappa shape index (κ3) is 4.69. The van der Waals surface area contributed by atoms with Gasteiger partial charge >= 0.3 is 0 Å². The number of nitrogens with zero attached hydrogens (tertiary/aromatic N) is 5. The molecule has 1 fully saturated rings. The van der Waals surface area contributed by atoms with Crippen LogP contribution < -0.4 is 11.1 Å². The lowest BCUT2D eigenvalue weighted by molar-refractivity contribution is -0.119. The van der Waals surface area contributed by atoms with E-state index in [2.05, 4.69) is 30.2 Å². The van der Waals surface area contributed by atoms with Crippen LogP contribution in [0.3, 0.4) is 0 Å². The summed E-state index contributed by atoms with van der Waals surface area (Å²) in [6.45, 7) is 5.80. The summed E-state index contributed by atoms with van der Waals surface area (Å²) >= 11 is 0. The normalized spacial score (nSPS) is 18.1. The first-order valence-electron chi connectivity index (χ1n) is 8.41. The average molecular weight is 341 g/mol. The summed E-state index contributed by atoms with van der Waals surface area (Å²) in [4.78, 5) is 30.9. The maximum Gasteiger partial charge on any atom is 0.231 e. The second-order valence-corrected chi connectivity index (χ2v) is 6.47. The lowest BCUT2D eigenvalue weighted by Crippen LogP contribution is -2.40. The number of rotatable bonds is 5. The van der Waals surface area contributed by atoms with Crippen molar-refractivity contribution in [3.8, 4) is 0 Å². The van der Waals surface area contributed by atoms with Crippen molar-refractivity contribution in [1.82, 2.24) is 24.8 Å². The molecule has 0 radical (unpaired) electrons. The van der Waals surface area contributed by atoms with Crippen molar-refractivity contribution in [3.05, 3.63) is 35.5 Å². The summed E-state index contributed by atoms with van der Waals surface area (Å²) in [5.74, 6) is 1.08. The number of primary amides is 1. The molecule has 3 heterocycles. The van der Waals surface area contributed by atoms with Crippen molar-refractivity contribution >= 4 is 17.7 Å². The molecule has 2 aromatic rings. The van der Waals surface area contributed by atoms with E-state index in [1.54, 1.807) is 12.4 Å². The molecule has 1 saturated heterocycles. The van der Waals surface area contributed by atoms with Crippen LogP contribution in [0, 0.1) is 13.8 Å². The molecule has 8 heteroatoms. The molecule has 132 valence electrons. The van der Waals surface area contributed by atoms with Crippen LogP contribution >= 0.6 is 0 Å². The number of nitrogens with one attached hydrogen (secondary N) is 1. The van der Waals surface area contributed by atoms with Crippen molar-refractivity contribution in [2.75, 3.05) is 25.0 Å². The Bertz CT molecular complexity index is 744. The lowest BCUT2D eigenvalue weighted by atomic mass is 9.95. The van der Waals surface area contributed by atoms with Crippen LogP contribution in [0.15, 0.2) is 18.5 Å². The van der Waals surface area contributed by atoms with Crippen molar-refractivity contribution in [2.45, 2.75) is 32.6 Å². The quantitative estimate of drug-likeness (QED) is 0.843. The number of nitrogens with two attached hydrogens (primary N) is 1. The molecule has 25 heavy (non-hydrogen) atoms. The van der Waals surface area contributed by atoms with Crippen molar-refractivity contribution < 1.29 is 4.79 Å². The van der Waals surface area contributed by atoms with E-state index in [0.717, 1.165) is 43.0 Å². The standard InChI is InChI=1S/C17H23N7O/c1-11-6-12(2)21-17(20-11)23-16-8-19-7-14(22-16)13-4-3-5-24(9-13)10-15(18)25/h6-8,13H,3-5,9-10H2,1-2H3,(H2,18,25)(H,20,21,22,23)/t13-/m1/s1. The van der Waals surface area contributed by atoms with E-state index in [1.807, 2.05) is 19.9 Å².